The summed E-state index contributed by atoms with van der Waals surface area (Å²) in [5, 5.41) is 6.96. The van der Waals surface area contributed by atoms with Crippen LogP contribution in [-0.2, 0) is 26.0 Å². The third-order valence-corrected chi connectivity index (χ3v) is 10.1. The first kappa shape index (κ1) is 27.1. The Morgan fingerprint density at radius 1 is 0.923 bits per heavy atom. The first-order chi connectivity index (χ1) is 18.8. The van der Waals surface area contributed by atoms with Crippen LogP contribution in [0.5, 0.6) is 0 Å². The van der Waals surface area contributed by atoms with Gasteiger partial charge in [-0.2, -0.15) is 0 Å². The second kappa shape index (κ2) is 11.7. The molecule has 0 atom stereocenters. The second-order valence-corrected chi connectivity index (χ2v) is 12.5. The van der Waals surface area contributed by atoms with E-state index >= 15 is 0 Å². The van der Waals surface area contributed by atoms with Crippen molar-refractivity contribution in [1.29, 1.82) is 0 Å². The highest BCUT2D eigenvalue weighted by Gasteiger charge is 2.30. The zero-order chi connectivity index (χ0) is 27.4. The highest BCUT2D eigenvalue weighted by atomic mass is 32.2. The lowest BCUT2D eigenvalue weighted by molar-refractivity contribution is -0.136. The number of hydrogen-bond acceptors (Lipinski definition) is 7. The molecule has 0 saturated carbocycles. The predicted molar refractivity (Wildman–Crippen MR) is 150 cm³/mol. The van der Waals surface area contributed by atoms with Gasteiger partial charge in [0, 0.05) is 51.5 Å². The number of anilines is 3. The van der Waals surface area contributed by atoms with Crippen LogP contribution in [0, 0.1) is 5.82 Å². The first-order valence-corrected chi connectivity index (χ1v) is 15.1. The van der Waals surface area contributed by atoms with Gasteiger partial charge in [-0.25, -0.2) is 12.8 Å². The Bertz CT molecular complexity index is 1440. The van der Waals surface area contributed by atoms with Crippen LogP contribution in [0.25, 0.3) is 0 Å². The van der Waals surface area contributed by atoms with Crippen LogP contribution in [0.3, 0.4) is 0 Å². The van der Waals surface area contributed by atoms with Crippen LogP contribution in [0.4, 0.5) is 21.5 Å². The fourth-order valence-corrected chi connectivity index (χ4v) is 7.54. The van der Waals surface area contributed by atoms with Crippen LogP contribution in [0.2, 0.25) is 0 Å². The van der Waals surface area contributed by atoms with Gasteiger partial charge in [0.1, 0.15) is 10.0 Å². The molecular formula is C27H30FN5O4S2. The van der Waals surface area contributed by atoms with Crippen molar-refractivity contribution in [3.05, 3.63) is 71.4 Å². The molecule has 0 bridgehead atoms. The number of amides is 2. The first-order valence-electron chi connectivity index (χ1n) is 12.8. The number of rotatable bonds is 7. The quantitative estimate of drug-likeness (QED) is 0.423. The number of halogens is 1. The molecule has 3 heterocycles. The zero-order valence-corrected chi connectivity index (χ0v) is 22.9. The molecule has 9 nitrogen and oxygen atoms in total. The van der Waals surface area contributed by atoms with Crippen LogP contribution in [0.15, 0.2) is 64.2 Å². The number of hydrogen-bond donors (Lipinski definition) is 2. The van der Waals surface area contributed by atoms with Gasteiger partial charge in [0.05, 0.1) is 11.4 Å². The van der Waals surface area contributed by atoms with Gasteiger partial charge in [0.15, 0.2) is 0 Å². The molecule has 1 saturated heterocycles. The molecule has 0 radical (unpaired) electrons. The number of aryl methyl sites for hydroxylation is 1. The van der Waals surface area contributed by atoms with Crippen molar-refractivity contribution in [2.45, 2.75) is 17.1 Å². The molecule has 3 aromatic rings. The Kier molecular flexibility index (Phi) is 8.15. The number of thiophene rings is 1. The maximum atomic E-state index is 14.0. The van der Waals surface area contributed by atoms with Crippen molar-refractivity contribution < 1.29 is 22.4 Å². The van der Waals surface area contributed by atoms with Crippen molar-refractivity contribution in [3.8, 4) is 0 Å². The summed E-state index contributed by atoms with van der Waals surface area (Å²) in [6.45, 7) is 3.99. The molecule has 2 aromatic carbocycles. The summed E-state index contributed by atoms with van der Waals surface area (Å²) >= 11 is 1.16. The van der Waals surface area contributed by atoms with E-state index in [1.54, 1.807) is 47.8 Å². The smallest absolute Gasteiger partial charge is 0.313 e. The minimum atomic E-state index is -3.70. The third kappa shape index (κ3) is 6.07. The van der Waals surface area contributed by atoms with Crippen molar-refractivity contribution in [2.75, 3.05) is 60.3 Å². The number of fused-ring (bicyclic) bond motifs is 1. The number of nitrogens with one attached hydrogen (secondary N) is 2. The number of nitrogens with zero attached hydrogens (tertiary/aromatic N) is 3. The topological polar surface area (TPSA) is 102 Å². The number of sulfonamides is 1. The largest absolute Gasteiger partial charge is 0.367 e. The van der Waals surface area contributed by atoms with E-state index < -0.39 is 21.8 Å². The molecule has 1 fully saturated rings. The molecule has 12 heteroatoms. The number of piperazine rings is 1. The fraction of sp³-hybridized carbons (Fsp3) is 0.333. The van der Waals surface area contributed by atoms with E-state index in [0.717, 1.165) is 36.4 Å². The molecule has 39 heavy (non-hydrogen) atoms. The summed E-state index contributed by atoms with van der Waals surface area (Å²) < 4.78 is 42.0. The Labute approximate surface area is 231 Å². The molecule has 2 aliphatic heterocycles. The number of para-hydroxylation sites is 1. The molecule has 206 valence electrons. The Morgan fingerprint density at radius 2 is 1.72 bits per heavy atom. The van der Waals surface area contributed by atoms with Gasteiger partial charge >= 0.3 is 11.8 Å². The highest BCUT2D eigenvalue weighted by molar-refractivity contribution is 7.94. The van der Waals surface area contributed by atoms with Gasteiger partial charge in [-0.05, 0) is 54.1 Å². The van der Waals surface area contributed by atoms with Crippen molar-refractivity contribution in [3.63, 3.8) is 0 Å². The number of carbonyl (C=O) groups is 2. The van der Waals surface area contributed by atoms with Crippen molar-refractivity contribution in [2.24, 2.45) is 0 Å². The molecule has 0 aliphatic carbocycles. The average Bonchev–Trinajstić information content (AvgIpc) is 3.50. The van der Waals surface area contributed by atoms with Gasteiger partial charge in [-0.1, -0.05) is 24.3 Å². The lowest BCUT2D eigenvalue weighted by Gasteiger charge is -2.36. The summed E-state index contributed by atoms with van der Waals surface area (Å²) in [5.41, 5.74) is 2.34. The van der Waals surface area contributed by atoms with Crippen LogP contribution >= 0.6 is 11.3 Å². The van der Waals surface area contributed by atoms with Crippen LogP contribution in [0.1, 0.15) is 12.0 Å². The molecule has 0 unspecified atom stereocenters. The lowest BCUT2D eigenvalue weighted by Crippen LogP contribution is -2.49. The monoisotopic (exact) mass is 571 g/mol. The number of carbonyl (C=O) groups excluding carboxylic acids is 2. The Hall–Kier alpha value is -3.48. The van der Waals surface area contributed by atoms with Crippen molar-refractivity contribution >= 4 is 50.2 Å². The average molecular weight is 572 g/mol. The van der Waals surface area contributed by atoms with Crippen LogP contribution < -0.4 is 19.8 Å². The lowest BCUT2D eigenvalue weighted by atomic mass is 10.0. The van der Waals surface area contributed by atoms with E-state index in [2.05, 4.69) is 15.5 Å². The predicted octanol–water partition coefficient (Wildman–Crippen LogP) is 2.91. The second-order valence-electron chi connectivity index (χ2n) is 9.45. The van der Waals surface area contributed by atoms with E-state index in [4.69, 9.17) is 0 Å². The molecule has 2 N–H and O–H groups in total. The van der Waals surface area contributed by atoms with Gasteiger partial charge in [-0.15, -0.1) is 11.3 Å². The Balaban J connectivity index is 1.13. The van der Waals surface area contributed by atoms with E-state index in [-0.39, 0.29) is 10.0 Å². The molecular weight excluding hydrogens is 541 g/mol. The number of benzene rings is 2. The summed E-state index contributed by atoms with van der Waals surface area (Å²) in [4.78, 5) is 29.1. The van der Waals surface area contributed by atoms with Crippen molar-refractivity contribution in [1.82, 2.24) is 10.2 Å². The van der Waals surface area contributed by atoms with E-state index in [9.17, 15) is 22.4 Å². The van der Waals surface area contributed by atoms with Gasteiger partial charge in [-0.3, -0.25) is 18.8 Å². The maximum Gasteiger partial charge on any atom is 0.313 e. The summed E-state index contributed by atoms with van der Waals surface area (Å²) in [5.74, 6) is -1.82. The van der Waals surface area contributed by atoms with Crippen LogP contribution in [-0.4, -0.2) is 70.9 Å². The fourth-order valence-electron chi connectivity index (χ4n) is 4.90. The molecule has 2 aliphatic rings. The molecule has 1 aromatic heterocycles. The van der Waals surface area contributed by atoms with Gasteiger partial charge in [0.2, 0.25) is 0 Å². The summed E-state index contributed by atoms with van der Waals surface area (Å²) in [6.07, 6.45) is 1.43. The summed E-state index contributed by atoms with van der Waals surface area (Å²) in [7, 11) is -3.70. The molecule has 0 spiro atoms. The SMILES string of the molecule is O=C(NCCN1CCN(c2ccccc2F)CC1)C(=O)Nc1ccc2c(c1)N(S(=O)(=O)c1cccs1)CCC2. The standard InChI is InChI=1S/C27H30FN5O4S2/c28-22-6-1-2-7-23(22)32-16-14-31(15-17-32)13-11-29-26(34)27(35)30-21-10-9-20-5-3-12-33(24(20)19-21)39(36,37)25-8-4-18-38-25/h1-2,4,6-10,18-19H,3,5,11-17H2,(H,29,34)(H,30,35). The van der Waals surface area contributed by atoms with Gasteiger partial charge in [0.25, 0.3) is 10.0 Å². The maximum absolute atomic E-state index is 14.0. The normalized spacial score (nSPS) is 16.0. The van der Waals surface area contributed by atoms with E-state index in [1.807, 2.05) is 11.0 Å². The summed E-state index contributed by atoms with van der Waals surface area (Å²) in [6, 6.07) is 15.1. The zero-order valence-electron chi connectivity index (χ0n) is 21.3. The Morgan fingerprint density at radius 3 is 2.46 bits per heavy atom. The van der Waals surface area contributed by atoms with Gasteiger partial charge < -0.3 is 15.5 Å². The third-order valence-electron chi connectivity index (χ3n) is 6.94. The van der Waals surface area contributed by atoms with E-state index in [1.165, 1.54) is 10.4 Å². The minimum Gasteiger partial charge on any atom is -0.367 e. The minimum absolute atomic E-state index is 0.236. The highest BCUT2D eigenvalue weighted by Crippen LogP contribution is 2.35. The molecule has 2 amide bonds. The van der Waals surface area contributed by atoms with E-state index in [0.29, 0.717) is 56.2 Å². The molecule has 5 rings (SSSR count).